The molecule has 0 aliphatic heterocycles. The van der Waals surface area contributed by atoms with Gasteiger partial charge in [-0.2, -0.15) is 36.5 Å². The van der Waals surface area contributed by atoms with E-state index in [9.17, 15) is 26.3 Å². The Hall–Kier alpha value is -3.15. The Labute approximate surface area is 200 Å². The van der Waals surface area contributed by atoms with Gasteiger partial charge in [0.2, 0.25) is 0 Å². The summed E-state index contributed by atoms with van der Waals surface area (Å²) in [6, 6.07) is 6.82. The van der Waals surface area contributed by atoms with Gasteiger partial charge in [0, 0.05) is 4.88 Å². The number of aromatic amines is 2. The molecule has 186 valence electrons. The van der Waals surface area contributed by atoms with E-state index in [-0.39, 0.29) is 22.8 Å². The van der Waals surface area contributed by atoms with Crippen LogP contribution >= 0.6 is 11.3 Å². The van der Waals surface area contributed by atoms with Gasteiger partial charge in [-0.1, -0.05) is 26.2 Å². The number of aryl methyl sites for hydroxylation is 1. The smallest absolute Gasteiger partial charge is 0.273 e. The standard InChI is InChI=1S/C23H21F6N5S/c1-2-3-4-5-6-13-7-8-35-21(13)14-9-15(17-11-19(33-31-17)22(24,25)26)30-16(10-14)18-12-20(34-32-18)23(27,28)29/h7-12H,2-6H2,1H3,(H,31,33)(H,32,34). The van der Waals surface area contributed by atoms with Gasteiger partial charge < -0.3 is 0 Å². The summed E-state index contributed by atoms with van der Waals surface area (Å²) >= 11 is 1.45. The lowest BCUT2D eigenvalue weighted by molar-refractivity contribution is -0.142. The van der Waals surface area contributed by atoms with Crippen LogP contribution in [0, 0.1) is 0 Å². The molecule has 0 radical (unpaired) electrons. The van der Waals surface area contributed by atoms with Crippen molar-refractivity contribution >= 4 is 11.3 Å². The quantitative estimate of drug-likeness (QED) is 0.187. The minimum absolute atomic E-state index is 0.0759. The SMILES string of the molecule is CCCCCCc1ccsc1-c1cc(-c2cc(C(F)(F)F)[nH]n2)nc(-c2cc(C(F)(F)F)[nH]n2)c1. The molecule has 0 aromatic carbocycles. The predicted molar refractivity (Wildman–Crippen MR) is 121 cm³/mol. The number of thiophene rings is 1. The number of hydrogen-bond donors (Lipinski definition) is 2. The average Bonchev–Trinajstić information content (AvgIpc) is 3.56. The monoisotopic (exact) mass is 513 g/mol. The van der Waals surface area contributed by atoms with Crippen LogP contribution in [-0.4, -0.2) is 25.4 Å². The van der Waals surface area contributed by atoms with Crippen molar-refractivity contribution in [2.45, 2.75) is 51.4 Å². The van der Waals surface area contributed by atoms with Crippen LogP contribution in [0.1, 0.15) is 49.6 Å². The second-order valence-electron chi connectivity index (χ2n) is 8.04. The van der Waals surface area contributed by atoms with Crippen LogP contribution in [-0.2, 0) is 18.8 Å². The molecule has 0 spiro atoms. The van der Waals surface area contributed by atoms with Crippen molar-refractivity contribution in [3.05, 3.63) is 52.7 Å². The largest absolute Gasteiger partial charge is 0.432 e. The minimum atomic E-state index is -4.63. The molecule has 0 amide bonds. The van der Waals surface area contributed by atoms with Gasteiger partial charge in [0.1, 0.15) is 22.8 Å². The van der Waals surface area contributed by atoms with Crippen molar-refractivity contribution in [2.75, 3.05) is 0 Å². The van der Waals surface area contributed by atoms with Gasteiger partial charge >= 0.3 is 12.4 Å². The van der Waals surface area contributed by atoms with Gasteiger partial charge in [0.15, 0.2) is 0 Å². The Bertz CT molecular complexity index is 1210. The molecule has 0 unspecified atom stereocenters. The molecule has 35 heavy (non-hydrogen) atoms. The van der Waals surface area contributed by atoms with Crippen LogP contribution in [0.5, 0.6) is 0 Å². The van der Waals surface area contributed by atoms with Crippen molar-refractivity contribution in [1.29, 1.82) is 0 Å². The fourth-order valence-corrected chi connectivity index (χ4v) is 4.59. The van der Waals surface area contributed by atoms with Gasteiger partial charge in [-0.05, 0) is 59.7 Å². The normalized spacial score (nSPS) is 12.4. The molecule has 5 nitrogen and oxygen atoms in total. The Morgan fingerprint density at radius 1 is 0.771 bits per heavy atom. The lowest BCUT2D eigenvalue weighted by Crippen LogP contribution is -2.04. The molecule has 2 N–H and O–H groups in total. The first-order chi connectivity index (χ1) is 16.6. The second kappa shape index (κ2) is 9.84. The summed E-state index contributed by atoms with van der Waals surface area (Å²) in [5, 5.41) is 13.3. The summed E-state index contributed by atoms with van der Waals surface area (Å²) in [7, 11) is 0. The zero-order valence-electron chi connectivity index (χ0n) is 18.5. The van der Waals surface area contributed by atoms with Gasteiger partial charge in [-0.3, -0.25) is 10.2 Å². The molecule has 0 saturated heterocycles. The third-order valence-corrected chi connectivity index (χ3v) is 6.43. The average molecular weight is 514 g/mol. The Balaban J connectivity index is 1.78. The third-order valence-electron chi connectivity index (χ3n) is 5.43. The molecule has 12 heteroatoms. The van der Waals surface area contributed by atoms with E-state index in [0.29, 0.717) is 5.56 Å². The summed E-state index contributed by atoms with van der Waals surface area (Å²) in [6.07, 6.45) is -4.19. The highest BCUT2D eigenvalue weighted by molar-refractivity contribution is 7.13. The fraction of sp³-hybridized carbons (Fsp3) is 0.348. The number of halogens is 6. The van der Waals surface area contributed by atoms with Gasteiger partial charge in [0.25, 0.3) is 0 Å². The maximum atomic E-state index is 13.1. The number of alkyl halides is 6. The van der Waals surface area contributed by atoms with Crippen molar-refractivity contribution in [3.8, 4) is 33.2 Å². The molecular weight excluding hydrogens is 492 g/mol. The molecule has 4 rings (SSSR count). The van der Waals surface area contributed by atoms with Crippen LogP contribution < -0.4 is 0 Å². The molecule has 0 atom stereocenters. The van der Waals surface area contributed by atoms with E-state index in [0.717, 1.165) is 54.7 Å². The Morgan fingerprint density at radius 2 is 1.34 bits per heavy atom. The highest BCUT2D eigenvalue weighted by Crippen LogP contribution is 2.37. The number of nitrogens with zero attached hydrogens (tertiary/aromatic N) is 3. The molecule has 4 aromatic rings. The lowest BCUT2D eigenvalue weighted by Gasteiger charge is -2.08. The second-order valence-corrected chi connectivity index (χ2v) is 8.96. The van der Waals surface area contributed by atoms with Crippen molar-refractivity contribution in [2.24, 2.45) is 0 Å². The zero-order valence-corrected chi connectivity index (χ0v) is 19.3. The number of H-pyrrole nitrogens is 2. The molecule has 4 aromatic heterocycles. The van der Waals surface area contributed by atoms with E-state index in [2.05, 4.69) is 22.1 Å². The van der Waals surface area contributed by atoms with Crippen LogP contribution in [0.3, 0.4) is 0 Å². The maximum absolute atomic E-state index is 13.1. The van der Waals surface area contributed by atoms with E-state index in [4.69, 9.17) is 0 Å². The predicted octanol–water partition coefficient (Wildman–Crippen LogP) is 7.75. The van der Waals surface area contributed by atoms with Crippen LogP contribution in [0.25, 0.3) is 33.2 Å². The number of rotatable bonds is 8. The topological polar surface area (TPSA) is 70.2 Å². The summed E-state index contributed by atoms with van der Waals surface area (Å²) in [6.45, 7) is 2.12. The Morgan fingerprint density at radius 3 is 1.83 bits per heavy atom. The molecule has 0 bridgehead atoms. The molecule has 0 aliphatic rings. The van der Waals surface area contributed by atoms with E-state index in [1.165, 1.54) is 11.3 Å². The highest BCUT2D eigenvalue weighted by atomic mass is 32.1. The Kier molecular flexibility index (Phi) is 7.02. The molecular formula is C23H21F6N5S. The van der Waals surface area contributed by atoms with Gasteiger partial charge in [0.05, 0.1) is 11.4 Å². The first kappa shape index (κ1) is 25.0. The summed E-state index contributed by atoms with van der Waals surface area (Å²) in [5.41, 5.74) is -0.386. The zero-order chi connectivity index (χ0) is 25.2. The van der Waals surface area contributed by atoms with Crippen LogP contribution in [0.2, 0.25) is 0 Å². The third kappa shape index (κ3) is 5.75. The summed E-state index contributed by atoms with van der Waals surface area (Å²) < 4.78 is 78.6. The summed E-state index contributed by atoms with van der Waals surface area (Å²) in [4.78, 5) is 5.17. The van der Waals surface area contributed by atoms with Gasteiger partial charge in [-0.15, -0.1) is 11.3 Å². The van der Waals surface area contributed by atoms with E-state index in [1.807, 2.05) is 21.6 Å². The minimum Gasteiger partial charge on any atom is -0.273 e. The van der Waals surface area contributed by atoms with Crippen LogP contribution in [0.4, 0.5) is 26.3 Å². The maximum Gasteiger partial charge on any atom is 0.432 e. The molecule has 0 aliphatic carbocycles. The van der Waals surface area contributed by atoms with E-state index in [1.54, 1.807) is 12.1 Å². The number of aromatic nitrogens is 5. The van der Waals surface area contributed by atoms with Crippen molar-refractivity contribution in [3.63, 3.8) is 0 Å². The number of pyridine rings is 1. The first-order valence-electron chi connectivity index (χ1n) is 10.9. The first-order valence-corrected chi connectivity index (χ1v) is 11.8. The molecule has 4 heterocycles. The van der Waals surface area contributed by atoms with E-state index < -0.39 is 23.7 Å². The van der Waals surface area contributed by atoms with Crippen LogP contribution in [0.15, 0.2) is 35.7 Å². The number of unbranched alkanes of at least 4 members (excludes halogenated alkanes) is 3. The van der Waals surface area contributed by atoms with Crippen molar-refractivity contribution in [1.82, 2.24) is 25.4 Å². The highest BCUT2D eigenvalue weighted by Gasteiger charge is 2.34. The molecule has 0 saturated carbocycles. The fourth-order valence-electron chi connectivity index (χ4n) is 3.65. The lowest BCUT2D eigenvalue weighted by atomic mass is 10.0. The van der Waals surface area contributed by atoms with Gasteiger partial charge in [-0.25, -0.2) is 4.98 Å². The number of hydrogen-bond acceptors (Lipinski definition) is 4. The summed E-state index contributed by atoms with van der Waals surface area (Å²) in [5.74, 6) is 0. The number of nitrogens with one attached hydrogen (secondary N) is 2. The van der Waals surface area contributed by atoms with E-state index >= 15 is 0 Å². The molecule has 0 fully saturated rings. The van der Waals surface area contributed by atoms with Crippen molar-refractivity contribution < 1.29 is 26.3 Å².